The summed E-state index contributed by atoms with van der Waals surface area (Å²) in [4.78, 5) is 23.1. The van der Waals surface area contributed by atoms with Gasteiger partial charge >= 0.3 is 12.3 Å². The van der Waals surface area contributed by atoms with Crippen LogP contribution in [0.2, 0.25) is 0 Å². The van der Waals surface area contributed by atoms with Gasteiger partial charge in [0.05, 0.1) is 5.33 Å². The molecule has 0 rings (SSSR count). The molecule has 0 spiro atoms. The van der Waals surface area contributed by atoms with Gasteiger partial charge in [-0.1, -0.05) is 22.9 Å². The summed E-state index contributed by atoms with van der Waals surface area (Å²) in [5.74, 6) is -7.65. The molecular weight excluding hydrogens is 322 g/mol. The lowest BCUT2D eigenvalue weighted by atomic mass is 10.1. The van der Waals surface area contributed by atoms with Gasteiger partial charge in [-0.3, -0.25) is 9.59 Å². The molecule has 1 atom stereocenters. The highest BCUT2D eigenvalue weighted by molar-refractivity contribution is 9.09. The van der Waals surface area contributed by atoms with Crippen LogP contribution in [-0.4, -0.2) is 47.4 Å². The molecule has 0 fully saturated rings. The molecule has 0 aromatic heterocycles. The minimum Gasteiger partial charge on any atom is -0.337 e. The average Bonchev–Trinajstić information content (AvgIpc) is 2.33. The number of rotatable bonds is 7. The molecule has 0 aromatic carbocycles. The normalized spacial score (nSPS) is 13.6. The largest absolute Gasteiger partial charge is 0.383 e. The van der Waals surface area contributed by atoms with Gasteiger partial charge in [-0.2, -0.15) is 8.78 Å². The molecular formula is C10H14BrF4NO2. The quantitative estimate of drug-likeness (QED) is 0.529. The molecule has 0 aliphatic carbocycles. The van der Waals surface area contributed by atoms with E-state index >= 15 is 0 Å². The van der Waals surface area contributed by atoms with E-state index in [1.54, 1.807) is 0 Å². The predicted octanol–water partition coefficient (Wildman–Crippen LogP) is 2.34. The Kier molecular flexibility index (Phi) is 6.80. The van der Waals surface area contributed by atoms with E-state index in [-0.39, 0.29) is 24.2 Å². The summed E-state index contributed by atoms with van der Waals surface area (Å²) in [5.41, 5.74) is 0. The third kappa shape index (κ3) is 4.22. The monoisotopic (exact) mass is 335 g/mol. The number of hydrogen-bond acceptors (Lipinski definition) is 2. The van der Waals surface area contributed by atoms with Crippen LogP contribution in [0.4, 0.5) is 17.6 Å². The molecule has 0 aliphatic heterocycles. The summed E-state index contributed by atoms with van der Waals surface area (Å²) in [6, 6.07) is 0. The molecule has 3 nitrogen and oxygen atoms in total. The number of carbonyl (C=O) groups is 2. The standard InChI is InChI=1S/C10H14BrF4NO2/c1-3-16(5-6(2)7(17)4-11)9(18)10(14,15)8(12)13/h6,8H,3-5H2,1-2H3. The second kappa shape index (κ2) is 7.06. The van der Waals surface area contributed by atoms with E-state index in [0.717, 1.165) is 0 Å². The van der Waals surface area contributed by atoms with E-state index in [9.17, 15) is 27.2 Å². The van der Waals surface area contributed by atoms with Crippen molar-refractivity contribution in [1.29, 1.82) is 0 Å². The molecule has 1 unspecified atom stereocenters. The maximum absolute atomic E-state index is 12.9. The SMILES string of the molecule is CCN(CC(C)C(=O)CBr)C(=O)C(F)(F)C(F)F. The van der Waals surface area contributed by atoms with Crippen molar-refractivity contribution in [2.45, 2.75) is 26.2 Å². The Bertz CT molecular complexity index is 312. The van der Waals surface area contributed by atoms with Gasteiger partial charge in [0.15, 0.2) is 0 Å². The molecule has 106 valence electrons. The van der Waals surface area contributed by atoms with Crippen molar-refractivity contribution in [3.05, 3.63) is 0 Å². The minimum absolute atomic E-state index is 0.0190. The molecule has 0 radical (unpaired) electrons. The zero-order valence-electron chi connectivity index (χ0n) is 9.93. The maximum Gasteiger partial charge on any atom is 0.383 e. The van der Waals surface area contributed by atoms with Crippen LogP contribution in [0.3, 0.4) is 0 Å². The third-order valence-corrected chi connectivity index (χ3v) is 2.96. The van der Waals surface area contributed by atoms with Crippen LogP contribution in [0.25, 0.3) is 0 Å². The first-order valence-electron chi connectivity index (χ1n) is 5.22. The first-order valence-corrected chi connectivity index (χ1v) is 6.34. The minimum atomic E-state index is -4.72. The van der Waals surface area contributed by atoms with Gasteiger partial charge in [0.2, 0.25) is 0 Å². The molecule has 0 saturated carbocycles. The summed E-state index contributed by atoms with van der Waals surface area (Å²) < 4.78 is 49.8. The number of carbonyl (C=O) groups excluding carboxylic acids is 2. The fourth-order valence-electron chi connectivity index (χ4n) is 1.22. The molecule has 0 saturated heterocycles. The van der Waals surface area contributed by atoms with Crippen molar-refractivity contribution >= 4 is 27.6 Å². The van der Waals surface area contributed by atoms with Crippen LogP contribution in [0, 0.1) is 5.92 Å². The summed E-state index contributed by atoms with van der Waals surface area (Å²) in [5, 5.41) is 0.0190. The Morgan fingerprint density at radius 1 is 1.33 bits per heavy atom. The smallest absolute Gasteiger partial charge is 0.337 e. The average molecular weight is 336 g/mol. The number of alkyl halides is 5. The number of amides is 1. The van der Waals surface area contributed by atoms with Crippen LogP contribution in [0.1, 0.15) is 13.8 Å². The Balaban J connectivity index is 4.79. The second-order valence-corrected chi connectivity index (χ2v) is 4.33. The number of nitrogens with zero attached hydrogens (tertiary/aromatic N) is 1. The molecule has 1 amide bonds. The first kappa shape index (κ1) is 17.3. The van der Waals surface area contributed by atoms with Gasteiger partial charge in [0, 0.05) is 19.0 Å². The van der Waals surface area contributed by atoms with E-state index < -0.39 is 24.2 Å². The fraction of sp³-hybridized carbons (Fsp3) is 0.800. The van der Waals surface area contributed by atoms with Crippen LogP contribution in [0.15, 0.2) is 0 Å². The maximum atomic E-state index is 12.9. The van der Waals surface area contributed by atoms with E-state index in [2.05, 4.69) is 15.9 Å². The van der Waals surface area contributed by atoms with Gasteiger partial charge < -0.3 is 4.90 Å². The molecule has 0 heterocycles. The van der Waals surface area contributed by atoms with E-state index in [4.69, 9.17) is 0 Å². The summed E-state index contributed by atoms with van der Waals surface area (Å²) in [6.07, 6.45) is -4.05. The Hall–Kier alpha value is -0.660. The van der Waals surface area contributed by atoms with Crippen LogP contribution in [0.5, 0.6) is 0 Å². The van der Waals surface area contributed by atoms with Gasteiger partial charge in [0.1, 0.15) is 5.78 Å². The zero-order chi connectivity index (χ0) is 14.5. The van der Waals surface area contributed by atoms with Gasteiger partial charge in [0.25, 0.3) is 5.91 Å². The molecule has 18 heavy (non-hydrogen) atoms. The molecule has 0 aromatic rings. The highest BCUT2D eigenvalue weighted by Crippen LogP contribution is 2.25. The topological polar surface area (TPSA) is 37.4 Å². The van der Waals surface area contributed by atoms with Crippen LogP contribution in [-0.2, 0) is 9.59 Å². The van der Waals surface area contributed by atoms with E-state index in [0.29, 0.717) is 4.90 Å². The molecule has 0 bridgehead atoms. The lowest BCUT2D eigenvalue weighted by Gasteiger charge is -2.27. The highest BCUT2D eigenvalue weighted by Gasteiger charge is 2.51. The summed E-state index contributed by atoms with van der Waals surface area (Å²) in [6.45, 7) is 2.36. The summed E-state index contributed by atoms with van der Waals surface area (Å²) in [7, 11) is 0. The van der Waals surface area contributed by atoms with Gasteiger partial charge in [-0.15, -0.1) is 0 Å². The molecule has 0 N–H and O–H groups in total. The predicted molar refractivity (Wildman–Crippen MR) is 61.2 cm³/mol. The molecule has 8 heteroatoms. The third-order valence-electron chi connectivity index (χ3n) is 2.40. The number of ketones is 1. The van der Waals surface area contributed by atoms with Crippen molar-refractivity contribution in [3.8, 4) is 0 Å². The van der Waals surface area contributed by atoms with Crippen LogP contribution < -0.4 is 0 Å². The lowest BCUT2D eigenvalue weighted by molar-refractivity contribution is -0.180. The van der Waals surface area contributed by atoms with Gasteiger partial charge in [-0.25, -0.2) is 8.78 Å². The van der Waals surface area contributed by atoms with E-state index in [1.165, 1.54) is 13.8 Å². The van der Waals surface area contributed by atoms with Crippen LogP contribution >= 0.6 is 15.9 Å². The van der Waals surface area contributed by atoms with Crippen molar-refractivity contribution in [2.24, 2.45) is 5.92 Å². The van der Waals surface area contributed by atoms with Crippen molar-refractivity contribution in [2.75, 3.05) is 18.4 Å². The number of halogens is 5. The van der Waals surface area contributed by atoms with Crippen molar-refractivity contribution < 1.29 is 27.2 Å². The Labute approximate surface area is 111 Å². The number of hydrogen-bond donors (Lipinski definition) is 0. The van der Waals surface area contributed by atoms with Crippen molar-refractivity contribution in [3.63, 3.8) is 0 Å². The number of Topliss-reactive ketones (excluding diaryl/α,β-unsaturated/α-hetero) is 1. The fourth-order valence-corrected chi connectivity index (χ4v) is 1.78. The lowest BCUT2D eigenvalue weighted by Crippen LogP contribution is -2.49. The first-order chi connectivity index (χ1) is 8.18. The van der Waals surface area contributed by atoms with Crippen molar-refractivity contribution in [1.82, 2.24) is 4.90 Å². The highest BCUT2D eigenvalue weighted by atomic mass is 79.9. The second-order valence-electron chi connectivity index (χ2n) is 3.77. The molecule has 0 aliphatic rings. The Morgan fingerprint density at radius 3 is 2.17 bits per heavy atom. The zero-order valence-corrected chi connectivity index (χ0v) is 11.5. The Morgan fingerprint density at radius 2 is 1.83 bits per heavy atom. The van der Waals surface area contributed by atoms with Gasteiger partial charge in [-0.05, 0) is 6.92 Å². The van der Waals surface area contributed by atoms with E-state index in [1.807, 2.05) is 0 Å². The summed E-state index contributed by atoms with van der Waals surface area (Å²) >= 11 is 2.91.